The molecule has 2 aliphatic carbocycles. The van der Waals surface area contributed by atoms with Gasteiger partial charge in [0.1, 0.15) is 0 Å². The average molecular weight is 286 g/mol. The van der Waals surface area contributed by atoms with Gasteiger partial charge in [-0.2, -0.15) is 0 Å². The minimum Gasteiger partial charge on any atom is -0.353 e. The number of nitrogens with one attached hydrogen (secondary N) is 1. The van der Waals surface area contributed by atoms with Crippen LogP contribution in [-0.2, 0) is 11.2 Å². The Morgan fingerprint density at radius 3 is 2.71 bits per heavy atom. The third kappa shape index (κ3) is 2.84. The quantitative estimate of drug-likeness (QED) is 0.893. The molecule has 114 valence electrons. The molecule has 5 atom stereocenters. The minimum absolute atomic E-state index is 0.0445. The van der Waals surface area contributed by atoms with Crippen LogP contribution in [0.3, 0.4) is 0 Å². The van der Waals surface area contributed by atoms with Crippen LogP contribution >= 0.6 is 0 Å². The summed E-state index contributed by atoms with van der Waals surface area (Å²) in [4.78, 5) is 12.5. The number of hydrogen-bond acceptors (Lipinski definition) is 2. The highest BCUT2D eigenvalue weighted by atomic mass is 16.2. The summed E-state index contributed by atoms with van der Waals surface area (Å²) in [7, 11) is 0. The van der Waals surface area contributed by atoms with Gasteiger partial charge in [-0.3, -0.25) is 4.79 Å². The third-order valence-corrected chi connectivity index (χ3v) is 5.46. The summed E-state index contributed by atoms with van der Waals surface area (Å²) in [5.74, 6) is 1.33. The van der Waals surface area contributed by atoms with Crippen molar-refractivity contribution in [3.8, 4) is 0 Å². The van der Waals surface area contributed by atoms with Crippen molar-refractivity contribution in [2.45, 2.75) is 51.6 Å². The minimum atomic E-state index is 0.0445. The first kappa shape index (κ1) is 14.6. The Labute approximate surface area is 127 Å². The first-order valence-electron chi connectivity index (χ1n) is 8.16. The maximum absolute atomic E-state index is 12.5. The van der Waals surface area contributed by atoms with E-state index in [-0.39, 0.29) is 23.9 Å². The van der Waals surface area contributed by atoms with E-state index in [1.54, 1.807) is 0 Å². The van der Waals surface area contributed by atoms with Gasteiger partial charge in [-0.1, -0.05) is 24.3 Å². The van der Waals surface area contributed by atoms with E-state index in [0.717, 1.165) is 12.8 Å². The van der Waals surface area contributed by atoms with Crippen LogP contribution in [0.2, 0.25) is 0 Å². The molecular weight excluding hydrogens is 260 g/mol. The molecular formula is C18H26N2O. The fraction of sp³-hybridized carbons (Fsp3) is 0.611. The number of hydrogen-bond donors (Lipinski definition) is 2. The number of aryl methyl sites for hydroxylation is 1. The number of fused-ring (bicyclic) bond motifs is 2. The van der Waals surface area contributed by atoms with Gasteiger partial charge in [0, 0.05) is 12.1 Å². The lowest BCUT2D eigenvalue weighted by Crippen LogP contribution is -2.47. The van der Waals surface area contributed by atoms with Crippen molar-refractivity contribution in [2.24, 2.45) is 23.5 Å². The monoisotopic (exact) mass is 286 g/mol. The largest absolute Gasteiger partial charge is 0.353 e. The van der Waals surface area contributed by atoms with Crippen LogP contribution < -0.4 is 11.1 Å². The van der Waals surface area contributed by atoms with Crippen molar-refractivity contribution >= 4 is 5.91 Å². The summed E-state index contributed by atoms with van der Waals surface area (Å²) in [5.41, 5.74) is 8.85. The van der Waals surface area contributed by atoms with E-state index in [9.17, 15) is 4.79 Å². The summed E-state index contributed by atoms with van der Waals surface area (Å²) in [6.45, 7) is 4.21. The summed E-state index contributed by atoms with van der Waals surface area (Å²) >= 11 is 0. The van der Waals surface area contributed by atoms with E-state index in [0.29, 0.717) is 11.8 Å². The van der Waals surface area contributed by atoms with Crippen LogP contribution in [0.4, 0.5) is 0 Å². The van der Waals surface area contributed by atoms with Crippen LogP contribution in [0.1, 0.15) is 37.3 Å². The molecule has 1 aromatic carbocycles. The predicted octanol–water partition coefficient (Wildman–Crippen LogP) is 2.42. The molecule has 3 N–H and O–H groups in total. The zero-order valence-corrected chi connectivity index (χ0v) is 13.0. The number of nitrogens with two attached hydrogens (primary N) is 1. The summed E-state index contributed by atoms with van der Waals surface area (Å²) < 4.78 is 0. The lowest BCUT2D eigenvalue weighted by Gasteiger charge is -2.28. The molecule has 2 saturated carbocycles. The highest BCUT2D eigenvalue weighted by Gasteiger charge is 2.49. The van der Waals surface area contributed by atoms with E-state index < -0.39 is 0 Å². The van der Waals surface area contributed by atoms with Gasteiger partial charge >= 0.3 is 0 Å². The molecule has 0 spiro atoms. The van der Waals surface area contributed by atoms with Gasteiger partial charge in [0.25, 0.3) is 0 Å². The van der Waals surface area contributed by atoms with Crippen LogP contribution in [0, 0.1) is 24.7 Å². The van der Waals surface area contributed by atoms with Crippen molar-refractivity contribution in [2.75, 3.05) is 0 Å². The summed E-state index contributed by atoms with van der Waals surface area (Å²) in [5, 5.41) is 3.19. The second-order valence-corrected chi connectivity index (χ2v) is 6.98. The molecule has 3 rings (SSSR count). The first-order chi connectivity index (χ1) is 10.1. The van der Waals surface area contributed by atoms with Gasteiger partial charge in [0.15, 0.2) is 0 Å². The Balaban J connectivity index is 1.59. The van der Waals surface area contributed by atoms with Crippen LogP contribution in [-0.4, -0.2) is 18.0 Å². The molecule has 21 heavy (non-hydrogen) atoms. The molecule has 5 unspecified atom stereocenters. The Bertz CT molecular complexity index is 526. The SMILES string of the molecule is Cc1ccccc1CC(C)NC(=O)C1C2CCC(C2)C1N. The smallest absolute Gasteiger partial charge is 0.225 e. The fourth-order valence-electron chi connectivity index (χ4n) is 4.28. The molecule has 0 saturated heterocycles. The highest BCUT2D eigenvalue weighted by molar-refractivity contribution is 5.80. The number of benzene rings is 1. The van der Waals surface area contributed by atoms with E-state index >= 15 is 0 Å². The Morgan fingerprint density at radius 1 is 1.33 bits per heavy atom. The maximum atomic E-state index is 12.5. The van der Waals surface area contributed by atoms with Gasteiger partial charge < -0.3 is 11.1 Å². The molecule has 0 heterocycles. The lowest BCUT2D eigenvalue weighted by molar-refractivity contribution is -0.127. The molecule has 3 heteroatoms. The molecule has 2 fully saturated rings. The molecule has 2 aliphatic rings. The van der Waals surface area contributed by atoms with Crippen molar-refractivity contribution < 1.29 is 4.79 Å². The molecule has 0 radical (unpaired) electrons. The van der Waals surface area contributed by atoms with E-state index in [4.69, 9.17) is 5.73 Å². The van der Waals surface area contributed by atoms with E-state index in [1.165, 1.54) is 24.0 Å². The Morgan fingerprint density at radius 2 is 2.05 bits per heavy atom. The third-order valence-electron chi connectivity index (χ3n) is 5.46. The average Bonchev–Trinajstić information content (AvgIpc) is 3.01. The van der Waals surface area contributed by atoms with Crippen molar-refractivity contribution in [3.05, 3.63) is 35.4 Å². The lowest BCUT2D eigenvalue weighted by atomic mass is 9.84. The highest BCUT2D eigenvalue weighted by Crippen LogP contribution is 2.47. The molecule has 0 aliphatic heterocycles. The standard InChI is InChI=1S/C18H26N2O/c1-11-5-3-4-6-13(11)9-12(2)20-18(21)16-14-7-8-15(10-14)17(16)19/h3-6,12,14-17H,7-10,19H2,1-2H3,(H,20,21). The van der Waals surface area contributed by atoms with E-state index in [2.05, 4.69) is 43.4 Å². The fourth-order valence-corrected chi connectivity index (χ4v) is 4.28. The molecule has 0 aromatic heterocycles. The number of carbonyl (C=O) groups excluding carboxylic acids is 1. The van der Waals surface area contributed by atoms with Gasteiger partial charge in [-0.05, 0) is 62.5 Å². The van der Waals surface area contributed by atoms with Gasteiger partial charge in [0.05, 0.1) is 5.92 Å². The van der Waals surface area contributed by atoms with Gasteiger partial charge in [-0.15, -0.1) is 0 Å². The maximum Gasteiger partial charge on any atom is 0.225 e. The number of amides is 1. The van der Waals surface area contributed by atoms with Crippen LogP contribution in [0.5, 0.6) is 0 Å². The molecule has 2 bridgehead atoms. The molecule has 1 amide bonds. The molecule has 1 aromatic rings. The van der Waals surface area contributed by atoms with Crippen molar-refractivity contribution in [1.29, 1.82) is 0 Å². The molecule has 3 nitrogen and oxygen atoms in total. The van der Waals surface area contributed by atoms with Crippen LogP contribution in [0.25, 0.3) is 0 Å². The number of rotatable bonds is 4. The zero-order valence-electron chi connectivity index (χ0n) is 13.0. The predicted molar refractivity (Wildman–Crippen MR) is 84.8 cm³/mol. The van der Waals surface area contributed by atoms with Gasteiger partial charge in [-0.25, -0.2) is 0 Å². The topological polar surface area (TPSA) is 55.1 Å². The van der Waals surface area contributed by atoms with Crippen molar-refractivity contribution in [3.63, 3.8) is 0 Å². The van der Waals surface area contributed by atoms with Crippen molar-refractivity contribution in [1.82, 2.24) is 5.32 Å². The Hall–Kier alpha value is -1.35. The first-order valence-corrected chi connectivity index (χ1v) is 8.16. The second kappa shape index (κ2) is 5.80. The second-order valence-electron chi connectivity index (χ2n) is 6.98. The summed E-state index contributed by atoms with van der Waals surface area (Å²) in [6, 6.07) is 8.61. The van der Waals surface area contributed by atoms with Gasteiger partial charge in [0.2, 0.25) is 5.91 Å². The number of carbonyl (C=O) groups is 1. The Kier molecular flexibility index (Phi) is 4.03. The zero-order chi connectivity index (χ0) is 15.0. The summed E-state index contributed by atoms with van der Waals surface area (Å²) in [6.07, 6.45) is 4.44. The van der Waals surface area contributed by atoms with E-state index in [1.807, 2.05) is 0 Å². The normalized spacial score (nSPS) is 32.1. The van der Waals surface area contributed by atoms with Crippen LogP contribution in [0.15, 0.2) is 24.3 Å².